The third-order valence-electron chi connectivity index (χ3n) is 1.34. The van der Waals surface area contributed by atoms with Crippen LogP contribution in [0.4, 0.5) is 0 Å². The van der Waals surface area contributed by atoms with Gasteiger partial charge in [-0.05, 0) is 25.3 Å². The molecule has 0 saturated heterocycles. The highest BCUT2D eigenvalue weighted by atomic mass is 16.1. The molecule has 0 spiro atoms. The van der Waals surface area contributed by atoms with Crippen molar-refractivity contribution in [2.45, 2.75) is 26.2 Å². The van der Waals surface area contributed by atoms with Gasteiger partial charge in [0, 0.05) is 0 Å². The van der Waals surface area contributed by atoms with Gasteiger partial charge in [0.05, 0.1) is 0 Å². The monoisotopic (exact) mass is 164 g/mol. The Labute approximate surface area is 74.5 Å². The van der Waals surface area contributed by atoms with E-state index in [0.29, 0.717) is 0 Å². The molecule has 0 bridgehead atoms. The van der Waals surface area contributed by atoms with Crippen LogP contribution in [0.5, 0.6) is 0 Å². The van der Waals surface area contributed by atoms with E-state index in [1.807, 2.05) is 6.08 Å². The first-order valence-corrected chi connectivity index (χ1v) is 4.33. The van der Waals surface area contributed by atoms with E-state index in [-0.39, 0.29) is 0 Å². The molecule has 0 aromatic heterocycles. The van der Waals surface area contributed by atoms with Gasteiger partial charge in [0.2, 0.25) is 0 Å². The van der Waals surface area contributed by atoms with Gasteiger partial charge in [0.15, 0.2) is 0 Å². The second kappa shape index (κ2) is 9.89. The van der Waals surface area contributed by atoms with Gasteiger partial charge in [0.25, 0.3) is 0 Å². The zero-order chi connectivity index (χ0) is 9.07. The Bertz CT molecular complexity index is 175. The molecular formula is C11H16O. The van der Waals surface area contributed by atoms with Crippen LogP contribution in [0.25, 0.3) is 0 Å². The van der Waals surface area contributed by atoms with Gasteiger partial charge in [-0.25, -0.2) is 0 Å². The van der Waals surface area contributed by atoms with Crippen molar-refractivity contribution in [2.75, 3.05) is 0 Å². The van der Waals surface area contributed by atoms with Crippen LogP contribution < -0.4 is 0 Å². The Morgan fingerprint density at radius 2 is 1.67 bits per heavy atom. The van der Waals surface area contributed by atoms with Gasteiger partial charge in [0.1, 0.15) is 6.29 Å². The van der Waals surface area contributed by atoms with Crippen LogP contribution in [0, 0.1) is 0 Å². The van der Waals surface area contributed by atoms with E-state index >= 15 is 0 Å². The van der Waals surface area contributed by atoms with Crippen LogP contribution >= 0.6 is 0 Å². The molecule has 0 heterocycles. The summed E-state index contributed by atoms with van der Waals surface area (Å²) in [6.07, 6.45) is 15.5. The van der Waals surface area contributed by atoms with Gasteiger partial charge < -0.3 is 0 Å². The van der Waals surface area contributed by atoms with Gasteiger partial charge in [-0.1, -0.05) is 37.3 Å². The molecule has 0 fully saturated rings. The summed E-state index contributed by atoms with van der Waals surface area (Å²) in [6, 6.07) is 0. The molecule has 0 aromatic carbocycles. The van der Waals surface area contributed by atoms with E-state index in [4.69, 9.17) is 0 Å². The first-order valence-electron chi connectivity index (χ1n) is 4.33. The van der Waals surface area contributed by atoms with Gasteiger partial charge in [-0.2, -0.15) is 0 Å². The maximum absolute atomic E-state index is 9.85. The molecule has 1 heteroatoms. The second-order valence-electron chi connectivity index (χ2n) is 2.41. The molecule has 0 aliphatic heterocycles. The quantitative estimate of drug-likeness (QED) is 0.194. The lowest BCUT2D eigenvalue weighted by atomic mass is 10.2. The summed E-state index contributed by atoms with van der Waals surface area (Å²) in [5.74, 6) is 0. The smallest absolute Gasteiger partial charge is 0.142 e. The Kier molecular flexibility index (Phi) is 8.98. The largest absolute Gasteiger partial charge is 0.299 e. The average Bonchev–Trinajstić information content (AvgIpc) is 2.10. The van der Waals surface area contributed by atoms with E-state index in [2.05, 4.69) is 25.2 Å². The summed E-state index contributed by atoms with van der Waals surface area (Å²) in [5, 5.41) is 0. The highest BCUT2D eigenvalue weighted by Crippen LogP contribution is 1.93. The second-order valence-corrected chi connectivity index (χ2v) is 2.41. The van der Waals surface area contributed by atoms with Crippen LogP contribution in [-0.2, 0) is 4.79 Å². The maximum atomic E-state index is 9.85. The van der Waals surface area contributed by atoms with Gasteiger partial charge >= 0.3 is 0 Å². The van der Waals surface area contributed by atoms with Crippen molar-refractivity contribution in [2.24, 2.45) is 0 Å². The molecule has 0 radical (unpaired) electrons. The normalized spacial score (nSPS) is 12.1. The minimum Gasteiger partial charge on any atom is -0.299 e. The van der Waals surface area contributed by atoms with Crippen molar-refractivity contribution in [1.82, 2.24) is 0 Å². The van der Waals surface area contributed by atoms with Crippen molar-refractivity contribution in [3.8, 4) is 0 Å². The molecule has 66 valence electrons. The number of aldehydes is 1. The Morgan fingerprint density at radius 1 is 0.917 bits per heavy atom. The van der Waals surface area contributed by atoms with Crippen LogP contribution in [0.1, 0.15) is 26.2 Å². The molecule has 0 rings (SSSR count). The topological polar surface area (TPSA) is 17.1 Å². The summed E-state index contributed by atoms with van der Waals surface area (Å²) >= 11 is 0. The fourth-order valence-electron chi connectivity index (χ4n) is 0.761. The van der Waals surface area contributed by atoms with Gasteiger partial charge in [-0.3, -0.25) is 4.79 Å². The van der Waals surface area contributed by atoms with Crippen molar-refractivity contribution >= 4 is 6.29 Å². The molecule has 0 aliphatic carbocycles. The molecule has 1 nitrogen and oxygen atoms in total. The number of hydrogen-bond donors (Lipinski definition) is 0. The molecule has 0 saturated carbocycles. The highest BCUT2D eigenvalue weighted by molar-refractivity contribution is 5.65. The first-order chi connectivity index (χ1) is 5.91. The summed E-state index contributed by atoms with van der Waals surface area (Å²) < 4.78 is 0. The third kappa shape index (κ3) is 8.89. The van der Waals surface area contributed by atoms with Gasteiger partial charge in [-0.15, -0.1) is 0 Å². The molecule has 0 atom stereocenters. The molecule has 0 aromatic rings. The molecule has 0 N–H and O–H groups in total. The lowest BCUT2D eigenvalue weighted by Gasteiger charge is -1.84. The third-order valence-corrected chi connectivity index (χ3v) is 1.34. The van der Waals surface area contributed by atoms with Crippen LogP contribution in [0.3, 0.4) is 0 Å². The number of rotatable bonds is 6. The zero-order valence-electron chi connectivity index (χ0n) is 7.57. The lowest BCUT2D eigenvalue weighted by Crippen LogP contribution is -1.64. The van der Waals surface area contributed by atoms with E-state index in [9.17, 15) is 4.79 Å². The molecular weight excluding hydrogens is 148 g/mol. The lowest BCUT2D eigenvalue weighted by molar-refractivity contribution is -0.104. The minimum atomic E-state index is 0.779. The number of unbranched alkanes of at least 4 members (excludes halogenated alkanes) is 1. The Morgan fingerprint density at radius 3 is 2.33 bits per heavy atom. The van der Waals surface area contributed by atoms with Crippen molar-refractivity contribution in [3.05, 3.63) is 36.5 Å². The highest BCUT2D eigenvalue weighted by Gasteiger charge is 1.73. The van der Waals surface area contributed by atoms with Crippen molar-refractivity contribution in [1.29, 1.82) is 0 Å². The summed E-state index contributed by atoms with van der Waals surface area (Å²) in [7, 11) is 0. The van der Waals surface area contributed by atoms with Crippen molar-refractivity contribution < 1.29 is 4.79 Å². The maximum Gasteiger partial charge on any atom is 0.142 e. The Hall–Kier alpha value is -1.11. The number of hydrogen-bond acceptors (Lipinski definition) is 1. The predicted molar refractivity (Wildman–Crippen MR) is 53.0 cm³/mol. The molecule has 0 amide bonds. The van der Waals surface area contributed by atoms with Crippen LogP contribution in [-0.4, -0.2) is 6.29 Å². The fraction of sp³-hybridized carbons (Fsp3) is 0.364. The average molecular weight is 164 g/mol. The number of carbonyl (C=O) groups excluding carboxylic acids is 1. The molecule has 0 aliphatic rings. The standard InChI is InChI=1S/C11H16O/c1-2-3-4-5-6-7-8-9-10-11-12/h3-4,7-11H,2,5-6H2,1H3. The SMILES string of the molecule is CCC=CCCC=CC=CC=O. The van der Waals surface area contributed by atoms with E-state index in [1.54, 1.807) is 6.08 Å². The van der Waals surface area contributed by atoms with E-state index < -0.39 is 0 Å². The van der Waals surface area contributed by atoms with Crippen molar-refractivity contribution in [3.63, 3.8) is 0 Å². The van der Waals surface area contributed by atoms with Crippen LogP contribution in [0.2, 0.25) is 0 Å². The predicted octanol–water partition coefficient (Wildman–Crippen LogP) is 3.04. The summed E-state index contributed by atoms with van der Waals surface area (Å²) in [5.41, 5.74) is 0. The summed E-state index contributed by atoms with van der Waals surface area (Å²) in [4.78, 5) is 9.85. The number of carbonyl (C=O) groups is 1. The molecule has 0 unspecified atom stereocenters. The summed E-state index contributed by atoms with van der Waals surface area (Å²) in [6.45, 7) is 2.12. The molecule has 12 heavy (non-hydrogen) atoms. The fourth-order valence-corrected chi connectivity index (χ4v) is 0.761. The Balaban J connectivity index is 3.30. The van der Waals surface area contributed by atoms with E-state index in [1.165, 1.54) is 6.08 Å². The zero-order valence-corrected chi connectivity index (χ0v) is 7.57. The number of allylic oxidation sites excluding steroid dienone is 6. The minimum absolute atomic E-state index is 0.779. The first kappa shape index (κ1) is 10.9. The van der Waals surface area contributed by atoms with Crippen LogP contribution in [0.15, 0.2) is 36.5 Å². The van der Waals surface area contributed by atoms with E-state index in [0.717, 1.165) is 25.5 Å².